The predicted octanol–water partition coefficient (Wildman–Crippen LogP) is 0.995. The molecule has 9 heteroatoms. The molecule has 0 radical (unpaired) electrons. The SMILES string of the molecule is [N-]=[N+]=NCCCNC(=O)OCCCC[C@H](N)C(=O)O. The molecule has 0 heterocycles. The Kier molecular flexibility index (Phi) is 9.96. The quantitative estimate of drug-likeness (QED) is 0.235. The highest BCUT2D eigenvalue weighted by molar-refractivity contribution is 5.72. The van der Waals surface area contributed by atoms with E-state index < -0.39 is 18.1 Å². The predicted molar refractivity (Wildman–Crippen MR) is 67.4 cm³/mol. The van der Waals surface area contributed by atoms with Crippen LogP contribution < -0.4 is 11.1 Å². The summed E-state index contributed by atoms with van der Waals surface area (Å²) in [6, 6.07) is -0.866. The number of rotatable bonds is 10. The molecular formula is C10H19N5O4. The maximum atomic E-state index is 11.1. The molecule has 1 atom stereocenters. The van der Waals surface area contributed by atoms with E-state index >= 15 is 0 Å². The number of hydrogen-bond donors (Lipinski definition) is 3. The lowest BCUT2D eigenvalue weighted by Gasteiger charge is -2.07. The molecule has 1 amide bonds. The van der Waals surface area contributed by atoms with Gasteiger partial charge in [0.25, 0.3) is 0 Å². The van der Waals surface area contributed by atoms with E-state index in [0.717, 1.165) is 0 Å². The number of ether oxygens (including phenoxy) is 1. The Morgan fingerprint density at radius 2 is 2.16 bits per heavy atom. The number of nitrogens with zero attached hydrogens (tertiary/aromatic N) is 3. The first-order valence-electron chi connectivity index (χ1n) is 5.97. The van der Waals surface area contributed by atoms with Crippen molar-refractivity contribution in [2.75, 3.05) is 19.7 Å². The summed E-state index contributed by atoms with van der Waals surface area (Å²) in [5, 5.41) is 14.3. The van der Waals surface area contributed by atoms with Crippen LogP contribution in [0, 0.1) is 0 Å². The number of aliphatic carboxylic acids is 1. The molecule has 0 aliphatic heterocycles. The molecule has 0 spiro atoms. The zero-order chi connectivity index (χ0) is 14.5. The normalized spacial score (nSPS) is 11.2. The van der Waals surface area contributed by atoms with Crippen molar-refractivity contribution < 1.29 is 19.4 Å². The molecule has 0 saturated heterocycles. The molecule has 0 aromatic heterocycles. The number of carbonyl (C=O) groups is 2. The van der Waals surface area contributed by atoms with Crippen LogP contribution in [-0.4, -0.2) is 42.9 Å². The van der Waals surface area contributed by atoms with E-state index in [1.165, 1.54) is 0 Å². The smallest absolute Gasteiger partial charge is 0.407 e. The maximum absolute atomic E-state index is 11.1. The topological polar surface area (TPSA) is 150 Å². The molecular weight excluding hydrogens is 254 g/mol. The molecule has 9 nitrogen and oxygen atoms in total. The molecule has 0 aromatic rings. The molecule has 0 saturated carbocycles. The van der Waals surface area contributed by atoms with Gasteiger partial charge in [0.05, 0.1) is 6.61 Å². The number of unbranched alkanes of at least 4 members (excludes halogenated alkanes) is 1. The Morgan fingerprint density at radius 3 is 2.79 bits per heavy atom. The van der Waals surface area contributed by atoms with Gasteiger partial charge in [0.2, 0.25) is 0 Å². The fourth-order valence-corrected chi connectivity index (χ4v) is 1.19. The molecule has 108 valence electrons. The minimum absolute atomic E-state index is 0.217. The number of alkyl carbamates (subject to hydrolysis) is 1. The zero-order valence-corrected chi connectivity index (χ0v) is 10.6. The number of nitrogens with one attached hydrogen (secondary N) is 1. The van der Waals surface area contributed by atoms with E-state index in [1.807, 2.05) is 0 Å². The monoisotopic (exact) mass is 273 g/mol. The van der Waals surface area contributed by atoms with Crippen molar-refractivity contribution in [1.29, 1.82) is 0 Å². The molecule has 0 aliphatic rings. The van der Waals surface area contributed by atoms with Crippen LogP contribution in [0.1, 0.15) is 25.7 Å². The first kappa shape index (κ1) is 17.0. The first-order valence-corrected chi connectivity index (χ1v) is 5.97. The van der Waals surface area contributed by atoms with E-state index in [4.69, 9.17) is 21.1 Å². The Balaban J connectivity index is 3.38. The third-order valence-corrected chi connectivity index (χ3v) is 2.23. The van der Waals surface area contributed by atoms with Gasteiger partial charge in [-0.15, -0.1) is 0 Å². The average Bonchev–Trinajstić information content (AvgIpc) is 2.37. The van der Waals surface area contributed by atoms with Gasteiger partial charge in [-0.3, -0.25) is 4.79 Å². The Morgan fingerprint density at radius 1 is 1.42 bits per heavy atom. The van der Waals surface area contributed by atoms with Gasteiger partial charge in [-0.05, 0) is 31.2 Å². The lowest BCUT2D eigenvalue weighted by molar-refractivity contribution is -0.138. The Hall–Kier alpha value is -1.99. The maximum Gasteiger partial charge on any atom is 0.407 e. The summed E-state index contributed by atoms with van der Waals surface area (Å²) in [5.74, 6) is -1.03. The molecule has 0 bridgehead atoms. The van der Waals surface area contributed by atoms with E-state index in [1.54, 1.807) is 0 Å². The van der Waals surface area contributed by atoms with Crippen LogP contribution in [0.5, 0.6) is 0 Å². The van der Waals surface area contributed by atoms with Gasteiger partial charge in [0.1, 0.15) is 6.04 Å². The molecule has 4 N–H and O–H groups in total. The van der Waals surface area contributed by atoms with Crippen LogP contribution >= 0.6 is 0 Å². The number of carboxylic acid groups (broad SMARTS) is 1. The summed E-state index contributed by atoms with van der Waals surface area (Å²) < 4.78 is 4.85. The second kappa shape index (κ2) is 11.1. The molecule has 0 rings (SSSR count). The minimum atomic E-state index is -1.03. The summed E-state index contributed by atoms with van der Waals surface area (Å²) in [6.07, 6.45) is 1.51. The van der Waals surface area contributed by atoms with E-state index in [-0.39, 0.29) is 6.61 Å². The molecule has 0 aliphatic carbocycles. The van der Waals surface area contributed by atoms with Crippen molar-refractivity contribution in [3.8, 4) is 0 Å². The van der Waals surface area contributed by atoms with E-state index in [0.29, 0.717) is 38.8 Å². The van der Waals surface area contributed by atoms with Crippen LogP contribution in [0.15, 0.2) is 5.11 Å². The van der Waals surface area contributed by atoms with Gasteiger partial charge in [0, 0.05) is 18.0 Å². The molecule has 0 unspecified atom stereocenters. The third-order valence-electron chi connectivity index (χ3n) is 2.23. The molecule has 0 fully saturated rings. The summed E-state index contributed by atoms with van der Waals surface area (Å²) in [6.45, 7) is 0.917. The summed E-state index contributed by atoms with van der Waals surface area (Å²) in [7, 11) is 0. The molecule has 0 aromatic carbocycles. The fraction of sp³-hybridized carbons (Fsp3) is 0.800. The lowest BCUT2D eigenvalue weighted by Crippen LogP contribution is -2.30. The van der Waals surface area contributed by atoms with Gasteiger partial charge in [-0.25, -0.2) is 4.79 Å². The van der Waals surface area contributed by atoms with Gasteiger partial charge in [0.15, 0.2) is 0 Å². The summed E-state index contributed by atoms with van der Waals surface area (Å²) in [5.41, 5.74) is 13.3. The van der Waals surface area contributed by atoms with Crippen molar-refractivity contribution >= 4 is 12.1 Å². The lowest BCUT2D eigenvalue weighted by atomic mass is 10.1. The number of azide groups is 1. The van der Waals surface area contributed by atoms with Crippen molar-refractivity contribution in [3.63, 3.8) is 0 Å². The van der Waals surface area contributed by atoms with Crippen LogP contribution in [0.2, 0.25) is 0 Å². The van der Waals surface area contributed by atoms with Gasteiger partial charge in [-0.2, -0.15) is 0 Å². The van der Waals surface area contributed by atoms with E-state index in [2.05, 4.69) is 15.3 Å². The summed E-state index contributed by atoms with van der Waals surface area (Å²) in [4.78, 5) is 24.1. The van der Waals surface area contributed by atoms with Crippen molar-refractivity contribution in [2.24, 2.45) is 10.8 Å². The van der Waals surface area contributed by atoms with Crippen LogP contribution in [0.3, 0.4) is 0 Å². The second-order valence-corrected chi connectivity index (χ2v) is 3.81. The van der Waals surface area contributed by atoms with E-state index in [9.17, 15) is 9.59 Å². The van der Waals surface area contributed by atoms with Gasteiger partial charge < -0.3 is 20.9 Å². The summed E-state index contributed by atoms with van der Waals surface area (Å²) >= 11 is 0. The zero-order valence-electron chi connectivity index (χ0n) is 10.6. The number of carbonyl (C=O) groups excluding carboxylic acids is 1. The van der Waals surface area contributed by atoms with Crippen molar-refractivity contribution in [1.82, 2.24) is 5.32 Å². The average molecular weight is 273 g/mol. The number of hydrogen-bond acceptors (Lipinski definition) is 5. The highest BCUT2D eigenvalue weighted by atomic mass is 16.5. The first-order chi connectivity index (χ1) is 9.07. The largest absolute Gasteiger partial charge is 0.480 e. The van der Waals surface area contributed by atoms with Crippen molar-refractivity contribution in [2.45, 2.75) is 31.7 Å². The standard InChI is InChI=1S/C10H19N5O4/c11-8(9(16)17)4-1-2-7-19-10(18)13-5-3-6-14-15-12/h8H,1-7,11H2,(H,13,18)(H,16,17)/t8-/m0/s1. The van der Waals surface area contributed by atoms with Gasteiger partial charge in [-0.1, -0.05) is 5.11 Å². The highest BCUT2D eigenvalue weighted by Gasteiger charge is 2.10. The highest BCUT2D eigenvalue weighted by Crippen LogP contribution is 1.99. The Labute approximate surface area is 110 Å². The molecule has 19 heavy (non-hydrogen) atoms. The second-order valence-electron chi connectivity index (χ2n) is 3.81. The number of amides is 1. The Bertz CT molecular complexity index is 330. The fourth-order valence-electron chi connectivity index (χ4n) is 1.19. The van der Waals surface area contributed by atoms with Crippen LogP contribution in [-0.2, 0) is 9.53 Å². The van der Waals surface area contributed by atoms with Gasteiger partial charge >= 0.3 is 12.1 Å². The number of nitrogens with two attached hydrogens (primary N) is 1. The van der Waals surface area contributed by atoms with Crippen LogP contribution in [0.25, 0.3) is 10.4 Å². The van der Waals surface area contributed by atoms with Crippen LogP contribution in [0.4, 0.5) is 4.79 Å². The third kappa shape index (κ3) is 10.9. The van der Waals surface area contributed by atoms with Crippen molar-refractivity contribution in [3.05, 3.63) is 10.4 Å². The minimum Gasteiger partial charge on any atom is -0.480 e. The number of carboxylic acids is 1.